The van der Waals surface area contributed by atoms with Crippen LogP contribution in [0.3, 0.4) is 0 Å². The van der Waals surface area contributed by atoms with Crippen molar-refractivity contribution in [2.75, 3.05) is 32.8 Å². The van der Waals surface area contributed by atoms with E-state index >= 15 is 0 Å². The smallest absolute Gasteiger partial charge is 0.237 e. The molecule has 1 amide bonds. The SMILES string of the molecule is Cc1ccc(CS(=O)(=O)NCC(=O)N2CCOCC2)cc1. The van der Waals surface area contributed by atoms with Crippen LogP contribution in [0.1, 0.15) is 11.1 Å². The largest absolute Gasteiger partial charge is 0.378 e. The second kappa shape index (κ2) is 7.02. The molecule has 1 aromatic rings. The van der Waals surface area contributed by atoms with Crippen LogP contribution in [0.15, 0.2) is 24.3 Å². The van der Waals surface area contributed by atoms with Crippen molar-refractivity contribution in [1.29, 1.82) is 0 Å². The van der Waals surface area contributed by atoms with Gasteiger partial charge in [0.05, 0.1) is 25.5 Å². The highest BCUT2D eigenvalue weighted by Crippen LogP contribution is 2.07. The van der Waals surface area contributed by atoms with E-state index in [0.29, 0.717) is 31.9 Å². The molecule has 1 heterocycles. The maximum atomic E-state index is 12.0. The van der Waals surface area contributed by atoms with E-state index in [9.17, 15) is 13.2 Å². The normalized spacial score (nSPS) is 16.0. The lowest BCUT2D eigenvalue weighted by molar-refractivity contribution is -0.133. The van der Waals surface area contributed by atoms with E-state index in [0.717, 1.165) is 5.56 Å². The zero-order valence-corrected chi connectivity index (χ0v) is 12.9. The molecule has 0 spiro atoms. The van der Waals surface area contributed by atoms with Crippen LogP contribution < -0.4 is 4.72 Å². The molecule has 116 valence electrons. The van der Waals surface area contributed by atoms with Gasteiger partial charge in [-0.1, -0.05) is 29.8 Å². The van der Waals surface area contributed by atoms with Gasteiger partial charge >= 0.3 is 0 Å². The fourth-order valence-electron chi connectivity index (χ4n) is 2.05. The summed E-state index contributed by atoms with van der Waals surface area (Å²) in [5.74, 6) is -0.338. The minimum absolute atomic E-state index is 0.121. The predicted octanol–water partition coefficient (Wildman–Crippen LogP) is 0.273. The number of morpholine rings is 1. The van der Waals surface area contributed by atoms with E-state index in [-0.39, 0.29) is 18.2 Å². The molecule has 0 atom stereocenters. The van der Waals surface area contributed by atoms with Crippen molar-refractivity contribution >= 4 is 15.9 Å². The fraction of sp³-hybridized carbons (Fsp3) is 0.500. The van der Waals surface area contributed by atoms with Gasteiger partial charge in [-0.15, -0.1) is 0 Å². The fourth-order valence-corrected chi connectivity index (χ4v) is 3.13. The first-order chi connectivity index (χ1) is 9.96. The Morgan fingerprint density at radius 2 is 1.86 bits per heavy atom. The molecule has 0 radical (unpaired) electrons. The number of hydrogen-bond acceptors (Lipinski definition) is 4. The van der Waals surface area contributed by atoms with Crippen LogP contribution in [0.5, 0.6) is 0 Å². The number of carbonyl (C=O) groups excluding carboxylic acids is 1. The molecule has 0 aromatic heterocycles. The summed E-state index contributed by atoms with van der Waals surface area (Å²) in [7, 11) is -3.51. The molecular weight excluding hydrogens is 292 g/mol. The summed E-state index contributed by atoms with van der Waals surface area (Å²) in [5, 5.41) is 0. The highest BCUT2D eigenvalue weighted by molar-refractivity contribution is 7.88. The van der Waals surface area contributed by atoms with E-state index < -0.39 is 10.0 Å². The van der Waals surface area contributed by atoms with Gasteiger partial charge in [0.15, 0.2) is 0 Å². The van der Waals surface area contributed by atoms with Gasteiger partial charge in [0.2, 0.25) is 15.9 Å². The molecule has 0 saturated carbocycles. The van der Waals surface area contributed by atoms with Gasteiger partial charge in [-0.2, -0.15) is 0 Å². The third kappa shape index (κ3) is 5.11. The standard InChI is InChI=1S/C14H20N2O4S/c1-12-2-4-13(5-3-12)11-21(18,19)15-10-14(17)16-6-8-20-9-7-16/h2-5,15H,6-11H2,1H3. The van der Waals surface area contributed by atoms with Crippen molar-refractivity contribution in [1.82, 2.24) is 9.62 Å². The molecule has 1 N–H and O–H groups in total. The number of benzene rings is 1. The number of hydrogen-bond donors (Lipinski definition) is 1. The minimum Gasteiger partial charge on any atom is -0.378 e. The van der Waals surface area contributed by atoms with E-state index in [1.807, 2.05) is 19.1 Å². The summed E-state index contributed by atoms with van der Waals surface area (Å²) in [4.78, 5) is 13.5. The molecule has 2 rings (SSSR count). The van der Waals surface area contributed by atoms with E-state index in [2.05, 4.69) is 4.72 Å². The van der Waals surface area contributed by atoms with Crippen LogP contribution in [-0.4, -0.2) is 52.1 Å². The first kappa shape index (κ1) is 15.9. The van der Waals surface area contributed by atoms with Crippen LogP contribution >= 0.6 is 0 Å². The van der Waals surface area contributed by atoms with Crippen LogP contribution in [0, 0.1) is 6.92 Å². The molecule has 1 fully saturated rings. The number of rotatable bonds is 5. The minimum atomic E-state index is -3.51. The summed E-state index contributed by atoms with van der Waals surface area (Å²) in [6, 6.07) is 7.28. The molecule has 6 nitrogen and oxygen atoms in total. The third-order valence-electron chi connectivity index (χ3n) is 3.28. The summed E-state index contributed by atoms with van der Waals surface area (Å²) in [5.41, 5.74) is 1.78. The van der Waals surface area contributed by atoms with Crippen molar-refractivity contribution in [3.8, 4) is 0 Å². The Morgan fingerprint density at radius 1 is 1.24 bits per heavy atom. The van der Waals surface area contributed by atoms with Gasteiger partial charge in [0.25, 0.3) is 0 Å². The topological polar surface area (TPSA) is 75.7 Å². The second-order valence-corrected chi connectivity index (χ2v) is 6.87. The molecular formula is C14H20N2O4S. The number of nitrogens with one attached hydrogen (secondary N) is 1. The monoisotopic (exact) mass is 312 g/mol. The Hall–Kier alpha value is -1.44. The lowest BCUT2D eigenvalue weighted by Gasteiger charge is -2.26. The Bertz CT molecular complexity index is 577. The van der Waals surface area contributed by atoms with Gasteiger partial charge in [0.1, 0.15) is 0 Å². The molecule has 1 aromatic carbocycles. The number of ether oxygens (including phenoxy) is 1. The van der Waals surface area contributed by atoms with Crippen LogP contribution in [0.2, 0.25) is 0 Å². The van der Waals surface area contributed by atoms with Gasteiger partial charge in [-0.05, 0) is 12.5 Å². The molecule has 1 aliphatic rings. The average Bonchev–Trinajstić information content (AvgIpc) is 2.48. The van der Waals surface area contributed by atoms with Crippen molar-refractivity contribution in [3.05, 3.63) is 35.4 Å². The predicted molar refractivity (Wildman–Crippen MR) is 79.2 cm³/mol. The van der Waals surface area contributed by atoms with Gasteiger partial charge in [-0.25, -0.2) is 13.1 Å². The summed E-state index contributed by atoms with van der Waals surface area (Å²) in [6.07, 6.45) is 0. The lowest BCUT2D eigenvalue weighted by atomic mass is 10.2. The first-order valence-corrected chi connectivity index (χ1v) is 8.50. The summed E-state index contributed by atoms with van der Waals surface area (Å²) in [6.45, 7) is 3.77. The van der Waals surface area contributed by atoms with Crippen molar-refractivity contribution in [3.63, 3.8) is 0 Å². The highest BCUT2D eigenvalue weighted by atomic mass is 32.2. The van der Waals surface area contributed by atoms with Crippen LogP contribution in [0.25, 0.3) is 0 Å². The first-order valence-electron chi connectivity index (χ1n) is 6.85. The highest BCUT2D eigenvalue weighted by Gasteiger charge is 2.19. The number of amides is 1. The molecule has 21 heavy (non-hydrogen) atoms. The number of carbonyl (C=O) groups is 1. The van der Waals surface area contributed by atoms with Crippen molar-refractivity contribution in [2.45, 2.75) is 12.7 Å². The Labute approximate surface area is 125 Å². The molecule has 0 unspecified atom stereocenters. The Kier molecular flexibility index (Phi) is 5.33. The molecule has 1 saturated heterocycles. The Morgan fingerprint density at radius 3 is 2.48 bits per heavy atom. The average molecular weight is 312 g/mol. The zero-order valence-electron chi connectivity index (χ0n) is 12.0. The van der Waals surface area contributed by atoms with Crippen molar-refractivity contribution < 1.29 is 17.9 Å². The zero-order chi connectivity index (χ0) is 15.3. The van der Waals surface area contributed by atoms with E-state index in [1.165, 1.54) is 0 Å². The molecule has 0 aliphatic carbocycles. The maximum Gasteiger partial charge on any atom is 0.237 e. The molecule has 1 aliphatic heterocycles. The maximum absolute atomic E-state index is 12.0. The Balaban J connectivity index is 1.85. The number of nitrogens with zero attached hydrogens (tertiary/aromatic N) is 1. The quantitative estimate of drug-likeness (QED) is 0.847. The second-order valence-electron chi connectivity index (χ2n) is 5.06. The van der Waals surface area contributed by atoms with E-state index in [4.69, 9.17) is 4.74 Å². The molecule has 7 heteroatoms. The molecule has 0 bridgehead atoms. The summed E-state index contributed by atoms with van der Waals surface area (Å²) < 4.78 is 31.4. The van der Waals surface area contributed by atoms with E-state index in [1.54, 1.807) is 17.0 Å². The third-order valence-corrected chi connectivity index (χ3v) is 4.58. The number of sulfonamides is 1. The van der Waals surface area contributed by atoms with Gasteiger partial charge in [-0.3, -0.25) is 4.79 Å². The number of aryl methyl sites for hydroxylation is 1. The van der Waals surface area contributed by atoms with Crippen molar-refractivity contribution in [2.24, 2.45) is 0 Å². The van der Waals surface area contributed by atoms with Gasteiger partial charge < -0.3 is 9.64 Å². The van der Waals surface area contributed by atoms with Gasteiger partial charge in [0, 0.05) is 13.1 Å². The lowest BCUT2D eigenvalue weighted by Crippen LogP contribution is -2.45. The summed E-state index contributed by atoms with van der Waals surface area (Å²) >= 11 is 0. The van der Waals surface area contributed by atoms with Crippen LogP contribution in [-0.2, 0) is 25.3 Å². The van der Waals surface area contributed by atoms with Crippen LogP contribution in [0.4, 0.5) is 0 Å².